The predicted molar refractivity (Wildman–Crippen MR) is 48.1 cm³/mol. The molecule has 2 nitrogen and oxygen atoms in total. The molecule has 3 N–H and O–H groups in total. The number of hydrogen-bond acceptors (Lipinski definition) is 2. The van der Waals surface area contributed by atoms with E-state index in [4.69, 9.17) is 5.73 Å². The first-order valence-electron chi connectivity index (χ1n) is 4.05. The van der Waals surface area contributed by atoms with Crippen molar-refractivity contribution in [1.29, 1.82) is 0 Å². The fraction of sp³-hybridized carbons (Fsp3) is 0.556. The summed E-state index contributed by atoms with van der Waals surface area (Å²) in [5, 5.41) is 3.27. The molecule has 1 atom stereocenters. The van der Waals surface area contributed by atoms with Crippen molar-refractivity contribution in [2.24, 2.45) is 5.73 Å². The summed E-state index contributed by atoms with van der Waals surface area (Å²) in [6, 6.07) is 0. The topological polar surface area (TPSA) is 38.0 Å². The molecule has 0 heterocycles. The largest absolute Gasteiger partial charge is 0.389 e. The lowest BCUT2D eigenvalue weighted by Crippen LogP contribution is -2.37. The average molecular weight is 152 g/mol. The quantitative estimate of drug-likeness (QED) is 0.623. The van der Waals surface area contributed by atoms with Crippen LogP contribution in [0.3, 0.4) is 0 Å². The molecule has 62 valence electrons. The van der Waals surface area contributed by atoms with Gasteiger partial charge in [-0.25, -0.2) is 0 Å². The molecule has 0 fully saturated rings. The van der Waals surface area contributed by atoms with Crippen molar-refractivity contribution < 1.29 is 0 Å². The Bertz CT molecular complexity index is 190. The third-order valence-corrected chi connectivity index (χ3v) is 1.75. The molecule has 0 aromatic rings. The second-order valence-corrected chi connectivity index (χ2v) is 3.26. The molecular weight excluding hydrogens is 136 g/mol. The highest BCUT2D eigenvalue weighted by atomic mass is 14.9. The average Bonchev–Trinajstić information content (AvgIpc) is 1.85. The van der Waals surface area contributed by atoms with Crippen LogP contribution in [-0.2, 0) is 0 Å². The molecule has 0 saturated heterocycles. The van der Waals surface area contributed by atoms with Gasteiger partial charge in [-0.2, -0.15) is 0 Å². The van der Waals surface area contributed by atoms with Crippen molar-refractivity contribution in [1.82, 2.24) is 5.32 Å². The number of nitrogens with two attached hydrogens (primary N) is 1. The third kappa shape index (κ3) is 2.39. The van der Waals surface area contributed by atoms with E-state index in [2.05, 4.69) is 18.3 Å². The van der Waals surface area contributed by atoms with Crippen LogP contribution in [0.15, 0.2) is 23.9 Å². The number of hydrogen-bond donors (Lipinski definition) is 2. The first kappa shape index (κ1) is 8.34. The number of nitrogens with one attached hydrogen (secondary N) is 1. The maximum absolute atomic E-state index is 5.93. The van der Waals surface area contributed by atoms with Gasteiger partial charge in [0, 0.05) is 24.2 Å². The minimum atomic E-state index is -0.160. The van der Waals surface area contributed by atoms with E-state index in [1.54, 1.807) is 0 Å². The van der Waals surface area contributed by atoms with Crippen molar-refractivity contribution in [3.05, 3.63) is 23.9 Å². The molecule has 1 rings (SSSR count). The Balaban J connectivity index is 2.58. The van der Waals surface area contributed by atoms with Crippen LogP contribution in [0.2, 0.25) is 0 Å². The van der Waals surface area contributed by atoms with Crippen molar-refractivity contribution in [2.75, 3.05) is 6.54 Å². The zero-order chi connectivity index (χ0) is 8.32. The maximum atomic E-state index is 5.93. The van der Waals surface area contributed by atoms with Crippen LogP contribution in [0, 0.1) is 0 Å². The van der Waals surface area contributed by atoms with Gasteiger partial charge in [0.1, 0.15) is 0 Å². The van der Waals surface area contributed by atoms with Crippen LogP contribution < -0.4 is 11.1 Å². The first-order valence-corrected chi connectivity index (χ1v) is 4.05. The molecule has 0 bridgehead atoms. The van der Waals surface area contributed by atoms with E-state index in [-0.39, 0.29) is 5.54 Å². The Morgan fingerprint density at radius 2 is 2.45 bits per heavy atom. The van der Waals surface area contributed by atoms with Gasteiger partial charge in [-0.1, -0.05) is 12.2 Å². The van der Waals surface area contributed by atoms with Gasteiger partial charge >= 0.3 is 0 Å². The zero-order valence-corrected chi connectivity index (χ0v) is 7.22. The molecule has 0 amide bonds. The lowest BCUT2D eigenvalue weighted by Gasteiger charge is -2.25. The summed E-state index contributed by atoms with van der Waals surface area (Å²) in [5.41, 5.74) is 7.01. The number of rotatable bonds is 2. The van der Waals surface area contributed by atoms with Gasteiger partial charge in [0.25, 0.3) is 0 Å². The monoisotopic (exact) mass is 152 g/mol. The van der Waals surface area contributed by atoms with Crippen LogP contribution in [0.1, 0.15) is 20.3 Å². The molecule has 0 radical (unpaired) electrons. The van der Waals surface area contributed by atoms with Gasteiger partial charge in [0.15, 0.2) is 0 Å². The van der Waals surface area contributed by atoms with Crippen LogP contribution in [0.25, 0.3) is 0 Å². The molecule has 0 aromatic heterocycles. The van der Waals surface area contributed by atoms with Gasteiger partial charge in [0.2, 0.25) is 0 Å². The summed E-state index contributed by atoms with van der Waals surface area (Å²) in [7, 11) is 0. The predicted octanol–water partition coefficient (Wildman–Crippen LogP) is 1.16. The smallest absolute Gasteiger partial charge is 0.0368 e. The van der Waals surface area contributed by atoms with Crippen LogP contribution in [-0.4, -0.2) is 12.1 Å². The standard InChI is InChI=1S/C9H16N2/c1-3-11-8-5-4-6-9(2,10)7-8/h4-6,11H,3,7,10H2,1-2H3. The molecular formula is C9H16N2. The highest BCUT2D eigenvalue weighted by Crippen LogP contribution is 2.17. The van der Waals surface area contributed by atoms with E-state index in [1.807, 2.05) is 19.1 Å². The first-order chi connectivity index (χ1) is 5.14. The lowest BCUT2D eigenvalue weighted by atomic mass is 9.93. The minimum absolute atomic E-state index is 0.160. The summed E-state index contributed by atoms with van der Waals surface area (Å²) in [6.45, 7) is 5.09. The van der Waals surface area contributed by atoms with E-state index in [1.165, 1.54) is 5.70 Å². The minimum Gasteiger partial charge on any atom is -0.389 e. The normalized spacial score (nSPS) is 29.9. The summed E-state index contributed by atoms with van der Waals surface area (Å²) in [6.07, 6.45) is 7.05. The summed E-state index contributed by atoms with van der Waals surface area (Å²) in [5.74, 6) is 0. The van der Waals surface area contributed by atoms with E-state index >= 15 is 0 Å². The lowest BCUT2D eigenvalue weighted by molar-refractivity contribution is 0.548. The molecule has 1 aliphatic rings. The zero-order valence-electron chi connectivity index (χ0n) is 7.22. The Labute approximate surface area is 68.2 Å². The highest BCUT2D eigenvalue weighted by Gasteiger charge is 2.18. The summed E-state index contributed by atoms with van der Waals surface area (Å²) < 4.78 is 0. The Morgan fingerprint density at radius 3 is 3.00 bits per heavy atom. The molecule has 11 heavy (non-hydrogen) atoms. The van der Waals surface area contributed by atoms with Crippen molar-refractivity contribution in [2.45, 2.75) is 25.8 Å². The van der Waals surface area contributed by atoms with E-state index in [0.29, 0.717) is 0 Å². The van der Waals surface area contributed by atoms with Gasteiger partial charge in [0.05, 0.1) is 0 Å². The van der Waals surface area contributed by atoms with E-state index in [0.717, 1.165) is 13.0 Å². The SMILES string of the molecule is CCNC1=CC=CC(C)(N)C1. The summed E-state index contributed by atoms with van der Waals surface area (Å²) >= 11 is 0. The van der Waals surface area contributed by atoms with Crippen LogP contribution in [0.4, 0.5) is 0 Å². The highest BCUT2D eigenvalue weighted by molar-refractivity contribution is 5.24. The Hall–Kier alpha value is -0.760. The van der Waals surface area contributed by atoms with Gasteiger partial charge in [-0.15, -0.1) is 0 Å². The molecule has 0 aromatic carbocycles. The molecule has 1 unspecified atom stereocenters. The third-order valence-electron chi connectivity index (χ3n) is 1.75. The van der Waals surface area contributed by atoms with Gasteiger partial charge in [-0.3, -0.25) is 0 Å². The van der Waals surface area contributed by atoms with Crippen LogP contribution in [0.5, 0.6) is 0 Å². The van der Waals surface area contributed by atoms with Crippen molar-refractivity contribution in [3.63, 3.8) is 0 Å². The fourth-order valence-electron chi connectivity index (χ4n) is 1.26. The fourth-order valence-corrected chi connectivity index (χ4v) is 1.26. The van der Waals surface area contributed by atoms with E-state index in [9.17, 15) is 0 Å². The molecule has 2 heteroatoms. The summed E-state index contributed by atoms with van der Waals surface area (Å²) in [4.78, 5) is 0. The molecule has 0 saturated carbocycles. The molecule has 1 aliphatic carbocycles. The van der Waals surface area contributed by atoms with Gasteiger partial charge < -0.3 is 11.1 Å². The Kier molecular flexibility index (Phi) is 2.35. The van der Waals surface area contributed by atoms with Crippen molar-refractivity contribution >= 4 is 0 Å². The number of allylic oxidation sites excluding steroid dienone is 2. The van der Waals surface area contributed by atoms with Crippen LogP contribution >= 0.6 is 0 Å². The maximum Gasteiger partial charge on any atom is 0.0368 e. The second-order valence-electron chi connectivity index (χ2n) is 3.26. The molecule has 0 aliphatic heterocycles. The second kappa shape index (κ2) is 3.09. The Morgan fingerprint density at radius 1 is 1.73 bits per heavy atom. The van der Waals surface area contributed by atoms with E-state index < -0.39 is 0 Å². The molecule has 0 spiro atoms. The van der Waals surface area contributed by atoms with Gasteiger partial charge in [-0.05, 0) is 19.9 Å². The van der Waals surface area contributed by atoms with Crippen molar-refractivity contribution in [3.8, 4) is 0 Å².